The zero-order valence-corrected chi connectivity index (χ0v) is 19.1. The summed E-state index contributed by atoms with van der Waals surface area (Å²) in [5, 5.41) is 16.0. The predicted molar refractivity (Wildman–Crippen MR) is 126 cm³/mol. The highest BCUT2D eigenvalue weighted by atomic mass is 35.5. The van der Waals surface area contributed by atoms with Crippen molar-refractivity contribution in [2.24, 2.45) is 5.10 Å². The number of hydrazone groups is 1. The summed E-state index contributed by atoms with van der Waals surface area (Å²) in [6.45, 7) is 0. The van der Waals surface area contributed by atoms with Crippen LogP contribution < -0.4 is 19.6 Å². The molecule has 0 saturated heterocycles. The third-order valence-electron chi connectivity index (χ3n) is 4.40. The molecule has 0 aromatic heterocycles. The number of nitro groups is 1. The average molecular weight is 491 g/mol. The number of halogens is 1. The van der Waals surface area contributed by atoms with Gasteiger partial charge in [-0.2, -0.15) is 5.10 Å². The third-order valence-corrected chi connectivity index (χ3v) is 6.03. The second-order valence-electron chi connectivity index (χ2n) is 6.53. The van der Waals surface area contributed by atoms with E-state index in [1.165, 1.54) is 56.8 Å². The predicted octanol–water partition coefficient (Wildman–Crippen LogP) is 4.51. The molecule has 12 heteroatoms. The number of rotatable bonds is 9. The summed E-state index contributed by atoms with van der Waals surface area (Å²) >= 11 is 5.80. The van der Waals surface area contributed by atoms with Gasteiger partial charge >= 0.3 is 0 Å². The molecular formula is C21H19ClN4O6S. The number of sulfonamides is 1. The molecule has 0 radical (unpaired) electrons. The summed E-state index contributed by atoms with van der Waals surface area (Å²) < 4.78 is 38.1. The van der Waals surface area contributed by atoms with Crippen LogP contribution in [0, 0.1) is 10.1 Å². The van der Waals surface area contributed by atoms with Crippen LogP contribution in [0.25, 0.3) is 0 Å². The van der Waals surface area contributed by atoms with Gasteiger partial charge < -0.3 is 9.47 Å². The molecule has 0 bridgehead atoms. The van der Waals surface area contributed by atoms with Gasteiger partial charge in [0.2, 0.25) is 0 Å². The summed E-state index contributed by atoms with van der Waals surface area (Å²) in [6.07, 6.45) is 1.41. The molecule has 0 aliphatic heterocycles. The SMILES string of the molecule is COc1ccc(/C=N\Nc2ccc(S(=O)(=O)Nc3ccc(Cl)cc3)cc2[N+](=O)[O-])c(OC)c1. The fourth-order valence-electron chi connectivity index (χ4n) is 2.75. The lowest BCUT2D eigenvalue weighted by Crippen LogP contribution is -2.13. The number of methoxy groups -OCH3 is 2. The molecule has 0 aliphatic carbocycles. The Morgan fingerprint density at radius 1 is 1.03 bits per heavy atom. The van der Waals surface area contributed by atoms with Crippen LogP contribution in [0.3, 0.4) is 0 Å². The van der Waals surface area contributed by atoms with Crippen LogP contribution in [-0.2, 0) is 10.0 Å². The van der Waals surface area contributed by atoms with Gasteiger partial charge in [0.25, 0.3) is 15.7 Å². The van der Waals surface area contributed by atoms with E-state index in [1.54, 1.807) is 18.2 Å². The van der Waals surface area contributed by atoms with Crippen molar-refractivity contribution in [3.63, 3.8) is 0 Å². The molecule has 10 nitrogen and oxygen atoms in total. The van der Waals surface area contributed by atoms with Crippen molar-refractivity contribution in [3.8, 4) is 11.5 Å². The van der Waals surface area contributed by atoms with Crippen LogP contribution in [0.15, 0.2) is 70.7 Å². The van der Waals surface area contributed by atoms with Gasteiger partial charge in [-0.3, -0.25) is 20.3 Å². The monoisotopic (exact) mass is 490 g/mol. The van der Waals surface area contributed by atoms with E-state index in [4.69, 9.17) is 21.1 Å². The average Bonchev–Trinajstić information content (AvgIpc) is 2.80. The number of nitrogens with one attached hydrogen (secondary N) is 2. The minimum absolute atomic E-state index is 0.00849. The Bertz CT molecular complexity index is 1300. The molecule has 0 unspecified atom stereocenters. The summed E-state index contributed by atoms with van der Waals surface area (Å²) in [7, 11) is -1.06. The van der Waals surface area contributed by atoms with E-state index in [2.05, 4.69) is 15.2 Å². The van der Waals surface area contributed by atoms with E-state index < -0.39 is 20.6 Å². The van der Waals surface area contributed by atoms with E-state index in [-0.39, 0.29) is 16.3 Å². The second-order valence-corrected chi connectivity index (χ2v) is 8.65. The molecule has 0 fully saturated rings. The zero-order valence-electron chi connectivity index (χ0n) is 17.5. The topological polar surface area (TPSA) is 132 Å². The van der Waals surface area contributed by atoms with Crippen molar-refractivity contribution in [3.05, 3.63) is 81.4 Å². The summed E-state index contributed by atoms with van der Waals surface area (Å²) in [5.41, 5.74) is 2.98. The van der Waals surface area contributed by atoms with Gasteiger partial charge in [-0.15, -0.1) is 0 Å². The van der Waals surface area contributed by atoms with Crippen molar-refractivity contribution >= 4 is 44.9 Å². The van der Waals surface area contributed by atoms with E-state index in [0.29, 0.717) is 22.1 Å². The molecule has 0 heterocycles. The van der Waals surface area contributed by atoms with E-state index in [1.807, 2.05) is 0 Å². The molecule has 33 heavy (non-hydrogen) atoms. The number of nitrogens with zero attached hydrogens (tertiary/aromatic N) is 2. The molecule has 172 valence electrons. The van der Waals surface area contributed by atoms with Crippen molar-refractivity contribution in [1.29, 1.82) is 0 Å². The lowest BCUT2D eigenvalue weighted by atomic mass is 10.2. The molecule has 0 amide bonds. The Kier molecular flexibility index (Phi) is 7.36. The minimum Gasteiger partial charge on any atom is -0.497 e. The lowest BCUT2D eigenvalue weighted by Gasteiger charge is -2.10. The molecular weight excluding hydrogens is 472 g/mol. The summed E-state index contributed by atoms with van der Waals surface area (Å²) in [6, 6.07) is 14.5. The maximum Gasteiger partial charge on any atom is 0.295 e. The highest BCUT2D eigenvalue weighted by molar-refractivity contribution is 7.92. The Labute approximate surface area is 195 Å². The first-order chi connectivity index (χ1) is 15.7. The molecule has 3 aromatic rings. The molecule has 0 atom stereocenters. The molecule has 2 N–H and O–H groups in total. The molecule has 3 aromatic carbocycles. The van der Waals surface area contributed by atoms with Crippen molar-refractivity contribution in [1.82, 2.24) is 0 Å². The Morgan fingerprint density at radius 3 is 2.39 bits per heavy atom. The number of ether oxygens (including phenoxy) is 2. The lowest BCUT2D eigenvalue weighted by molar-refractivity contribution is -0.384. The Morgan fingerprint density at radius 2 is 1.76 bits per heavy atom. The summed E-state index contributed by atoms with van der Waals surface area (Å²) in [4.78, 5) is 10.6. The minimum atomic E-state index is -4.07. The van der Waals surface area contributed by atoms with Gasteiger partial charge in [0.1, 0.15) is 17.2 Å². The molecule has 0 saturated carbocycles. The maximum atomic E-state index is 12.7. The van der Waals surface area contributed by atoms with Crippen molar-refractivity contribution < 1.29 is 22.8 Å². The number of anilines is 2. The first kappa shape index (κ1) is 23.8. The van der Waals surface area contributed by atoms with Gasteiger partial charge in [0.05, 0.1) is 30.3 Å². The third kappa shape index (κ3) is 5.90. The first-order valence-corrected chi connectivity index (χ1v) is 11.2. The van der Waals surface area contributed by atoms with Gasteiger partial charge in [-0.1, -0.05) is 11.6 Å². The smallest absolute Gasteiger partial charge is 0.295 e. The van der Waals surface area contributed by atoms with E-state index >= 15 is 0 Å². The number of benzene rings is 3. The van der Waals surface area contributed by atoms with Gasteiger partial charge in [-0.25, -0.2) is 8.42 Å². The number of hydrogen-bond acceptors (Lipinski definition) is 8. The van der Waals surface area contributed by atoms with E-state index in [0.717, 1.165) is 6.07 Å². The van der Waals surface area contributed by atoms with Crippen LogP contribution in [0.4, 0.5) is 17.1 Å². The van der Waals surface area contributed by atoms with Crippen LogP contribution in [0.1, 0.15) is 5.56 Å². The fourth-order valence-corrected chi connectivity index (χ4v) is 3.96. The Hall–Kier alpha value is -3.83. The van der Waals surface area contributed by atoms with Crippen molar-refractivity contribution in [2.75, 3.05) is 24.4 Å². The molecule has 3 rings (SSSR count). The van der Waals surface area contributed by atoms with E-state index in [9.17, 15) is 18.5 Å². The quantitative estimate of drug-likeness (QED) is 0.256. The summed E-state index contributed by atoms with van der Waals surface area (Å²) in [5.74, 6) is 1.08. The van der Waals surface area contributed by atoms with Crippen LogP contribution in [-0.4, -0.2) is 33.8 Å². The van der Waals surface area contributed by atoms with Crippen LogP contribution >= 0.6 is 11.6 Å². The van der Waals surface area contributed by atoms with Crippen LogP contribution in [0.2, 0.25) is 5.02 Å². The van der Waals surface area contributed by atoms with Gasteiger partial charge in [0.15, 0.2) is 0 Å². The highest BCUT2D eigenvalue weighted by Gasteiger charge is 2.21. The van der Waals surface area contributed by atoms with Gasteiger partial charge in [-0.05, 0) is 48.5 Å². The normalized spacial score (nSPS) is 11.2. The number of hydrogen-bond donors (Lipinski definition) is 2. The fraction of sp³-hybridized carbons (Fsp3) is 0.0952. The van der Waals surface area contributed by atoms with Crippen molar-refractivity contribution in [2.45, 2.75) is 4.90 Å². The first-order valence-electron chi connectivity index (χ1n) is 9.31. The maximum absolute atomic E-state index is 12.7. The second kappa shape index (κ2) is 10.2. The Balaban J connectivity index is 1.84. The molecule has 0 spiro atoms. The van der Waals surface area contributed by atoms with Crippen LogP contribution in [0.5, 0.6) is 11.5 Å². The zero-order chi connectivity index (χ0) is 24.0. The highest BCUT2D eigenvalue weighted by Crippen LogP contribution is 2.29. The number of nitro benzene ring substituents is 1. The molecule has 0 aliphatic rings. The standard InChI is InChI=1S/C21H19ClN4O6S/c1-31-17-8-3-14(21(11-17)32-2)13-23-24-19-10-9-18(12-20(19)26(27)28)33(29,30)25-16-6-4-15(22)5-7-16/h3-13,24-25H,1-2H3/b23-13-. The van der Waals surface area contributed by atoms with Gasteiger partial charge in [0, 0.05) is 28.4 Å². The largest absolute Gasteiger partial charge is 0.497 e.